The molecule has 0 radical (unpaired) electrons. The van der Waals surface area contributed by atoms with E-state index >= 15 is 0 Å². The van der Waals surface area contributed by atoms with Crippen LogP contribution in [0.15, 0.2) is 36.4 Å². The first kappa shape index (κ1) is 26.1. The molecule has 0 heterocycles. The summed E-state index contributed by atoms with van der Waals surface area (Å²) in [6.45, 7) is 2.68. The predicted molar refractivity (Wildman–Crippen MR) is 116 cm³/mol. The van der Waals surface area contributed by atoms with E-state index in [4.69, 9.17) is 20.1 Å². The number of rotatable bonds is 9. The zero-order valence-corrected chi connectivity index (χ0v) is 17.8. The quantitative estimate of drug-likeness (QED) is 0.238. The molecule has 2 amide bonds. The molecule has 0 saturated heterocycles. The fraction of sp³-hybridized carbons (Fsp3) is 0.250. The fourth-order valence-corrected chi connectivity index (χ4v) is 2.90. The predicted octanol–water partition coefficient (Wildman–Crippen LogP) is -1.92. The summed E-state index contributed by atoms with van der Waals surface area (Å²) in [7, 11) is -3.85. The van der Waals surface area contributed by atoms with E-state index in [1.54, 1.807) is 13.8 Å². The highest BCUT2D eigenvalue weighted by Crippen LogP contribution is 2.09. The third-order valence-corrected chi connectivity index (χ3v) is 4.76. The minimum atomic E-state index is -1.93. The van der Waals surface area contributed by atoms with Crippen molar-refractivity contribution in [1.29, 1.82) is 0 Å². The van der Waals surface area contributed by atoms with Gasteiger partial charge in [-0.15, -0.1) is 0 Å². The summed E-state index contributed by atoms with van der Waals surface area (Å²) >= 11 is 0. The third-order valence-electron chi connectivity index (χ3n) is 4.76. The van der Waals surface area contributed by atoms with E-state index in [0.29, 0.717) is 0 Å². The van der Waals surface area contributed by atoms with Crippen molar-refractivity contribution in [2.24, 2.45) is 5.92 Å². The lowest BCUT2D eigenvalue weighted by molar-refractivity contribution is -0.123. The van der Waals surface area contributed by atoms with Gasteiger partial charge in [0.05, 0.1) is 11.1 Å². The van der Waals surface area contributed by atoms with Crippen LogP contribution in [0.1, 0.15) is 34.6 Å². The molecule has 0 aliphatic carbocycles. The Morgan fingerprint density at radius 3 is 1.70 bits per heavy atom. The molecule has 0 fully saturated rings. The Morgan fingerprint density at radius 1 is 0.848 bits per heavy atom. The second-order valence-electron chi connectivity index (χ2n) is 7.52. The summed E-state index contributed by atoms with van der Waals surface area (Å²) in [6.07, 6.45) is 0. The van der Waals surface area contributed by atoms with E-state index in [1.165, 1.54) is 0 Å². The maximum absolute atomic E-state index is 14.2. The van der Waals surface area contributed by atoms with Crippen molar-refractivity contribution < 1.29 is 43.3 Å². The third kappa shape index (κ3) is 6.68. The van der Waals surface area contributed by atoms with Crippen LogP contribution in [-0.4, -0.2) is 64.5 Å². The summed E-state index contributed by atoms with van der Waals surface area (Å²) in [5, 5.41) is 40.9. The van der Waals surface area contributed by atoms with E-state index < -0.39 is 73.1 Å². The number of nitrogens with one attached hydrogen (secondary N) is 2. The van der Waals surface area contributed by atoms with Crippen LogP contribution in [0.3, 0.4) is 0 Å². The number of carbonyl (C=O) groups excluding carboxylic acids is 3. The van der Waals surface area contributed by atoms with Gasteiger partial charge < -0.3 is 30.7 Å². The normalized spacial score (nSPS) is 11.7. The maximum Gasteiger partial charge on any atom is 0.488 e. The summed E-state index contributed by atoms with van der Waals surface area (Å²) < 4.78 is 28.4. The molecule has 2 rings (SSSR count). The highest BCUT2D eigenvalue weighted by Gasteiger charge is 2.27. The molecule has 0 aliphatic heterocycles. The Bertz CT molecular complexity index is 1050. The maximum atomic E-state index is 14.2. The monoisotopic (exact) mass is 462 g/mol. The van der Waals surface area contributed by atoms with Gasteiger partial charge >= 0.3 is 14.2 Å². The average molecular weight is 462 g/mol. The van der Waals surface area contributed by atoms with Gasteiger partial charge in [0.2, 0.25) is 0 Å². The summed E-state index contributed by atoms with van der Waals surface area (Å²) in [6, 6.07) is 4.57. The van der Waals surface area contributed by atoms with Crippen LogP contribution < -0.4 is 21.6 Å². The number of carbonyl (C=O) groups is 3. The number of hydrogen-bond acceptors (Lipinski definition) is 7. The Kier molecular flexibility index (Phi) is 8.83. The van der Waals surface area contributed by atoms with Crippen molar-refractivity contribution in [1.82, 2.24) is 10.6 Å². The van der Waals surface area contributed by atoms with Crippen LogP contribution in [-0.2, 0) is 4.79 Å². The van der Waals surface area contributed by atoms with Crippen LogP contribution in [0.5, 0.6) is 0 Å². The highest BCUT2D eigenvalue weighted by atomic mass is 19.1. The molecule has 0 saturated carbocycles. The van der Waals surface area contributed by atoms with Crippen LogP contribution in [0.25, 0.3) is 0 Å². The zero-order valence-electron chi connectivity index (χ0n) is 17.8. The van der Waals surface area contributed by atoms with Crippen molar-refractivity contribution in [3.8, 4) is 0 Å². The number of benzene rings is 2. The molecule has 33 heavy (non-hydrogen) atoms. The van der Waals surface area contributed by atoms with Gasteiger partial charge in [-0.2, -0.15) is 0 Å². The molecule has 0 aromatic heterocycles. The zero-order chi connectivity index (χ0) is 24.9. The summed E-state index contributed by atoms with van der Waals surface area (Å²) in [5.41, 5.74) is -1.22. The smallest absolute Gasteiger partial charge is 0.423 e. The summed E-state index contributed by atoms with van der Waals surface area (Å²) in [5.74, 6) is -5.02. The van der Waals surface area contributed by atoms with E-state index in [1.807, 2.05) is 0 Å². The largest absolute Gasteiger partial charge is 0.488 e. The van der Waals surface area contributed by atoms with Crippen LogP contribution in [0.2, 0.25) is 0 Å². The van der Waals surface area contributed by atoms with E-state index in [9.17, 15) is 23.2 Å². The first-order valence-corrected chi connectivity index (χ1v) is 9.86. The molecule has 0 bridgehead atoms. The fourth-order valence-electron chi connectivity index (χ4n) is 2.90. The van der Waals surface area contributed by atoms with Gasteiger partial charge in [-0.25, -0.2) is 8.78 Å². The molecule has 0 aliphatic rings. The van der Waals surface area contributed by atoms with E-state index in [2.05, 4.69) is 10.6 Å². The van der Waals surface area contributed by atoms with Gasteiger partial charge in [0.25, 0.3) is 11.8 Å². The molecule has 0 unspecified atom stereocenters. The topological polar surface area (TPSA) is 156 Å². The molecule has 2 aromatic carbocycles. The molecule has 6 N–H and O–H groups in total. The molecule has 13 heteroatoms. The van der Waals surface area contributed by atoms with Crippen LogP contribution in [0.4, 0.5) is 8.78 Å². The summed E-state index contributed by atoms with van der Waals surface area (Å²) in [4.78, 5) is 37.4. The Morgan fingerprint density at radius 2 is 1.30 bits per heavy atom. The lowest BCUT2D eigenvalue weighted by Gasteiger charge is -2.20. The number of ketones is 1. The lowest BCUT2D eigenvalue weighted by atomic mass is 9.80. The van der Waals surface area contributed by atoms with Crippen molar-refractivity contribution in [2.75, 3.05) is 6.54 Å². The highest BCUT2D eigenvalue weighted by molar-refractivity contribution is 6.59. The molecule has 1 atom stereocenters. The minimum Gasteiger partial charge on any atom is -0.423 e. The van der Waals surface area contributed by atoms with Gasteiger partial charge in [0, 0.05) is 12.5 Å². The van der Waals surface area contributed by atoms with Crippen LogP contribution in [0, 0.1) is 17.6 Å². The Labute approximate surface area is 188 Å². The van der Waals surface area contributed by atoms with Gasteiger partial charge in [0.1, 0.15) is 17.7 Å². The Balaban J connectivity index is 2.16. The first-order valence-electron chi connectivity index (χ1n) is 9.86. The lowest BCUT2D eigenvalue weighted by Crippen LogP contribution is -2.50. The van der Waals surface area contributed by atoms with Crippen LogP contribution >= 0.6 is 0 Å². The number of Topliss-reactive ketones (excluding diaryl/α,β-unsaturated/α-hetero) is 1. The number of amides is 2. The molecule has 2 aromatic rings. The molecular weight excluding hydrogens is 440 g/mol. The second-order valence-corrected chi connectivity index (χ2v) is 7.52. The minimum absolute atomic E-state index is 0.161. The van der Waals surface area contributed by atoms with E-state index in [-0.39, 0.29) is 10.9 Å². The van der Waals surface area contributed by atoms with Gasteiger partial charge in [-0.1, -0.05) is 26.0 Å². The average Bonchev–Trinajstić information content (AvgIpc) is 2.75. The van der Waals surface area contributed by atoms with Gasteiger partial charge in [0.15, 0.2) is 5.78 Å². The standard InChI is InChI=1S/C20H22B2F2N2O7/c1-10(2)18(27)17(26-20(29)14-6-4-12(22(32)33)8-16(14)24)9-25-19(28)13-5-3-11(21(30)31)7-15(13)23/h3-8,10,17,30-33H,9H2,1-2H3,(H,25,28)(H,26,29)/t17-/m0/s1. The van der Waals surface area contributed by atoms with Gasteiger partial charge in [-0.05, 0) is 35.2 Å². The molecule has 9 nitrogen and oxygen atoms in total. The molecular formula is C20H22B2F2N2O7. The molecule has 0 spiro atoms. The van der Waals surface area contributed by atoms with E-state index in [0.717, 1.165) is 36.4 Å². The van der Waals surface area contributed by atoms with Crippen molar-refractivity contribution >= 4 is 42.8 Å². The second kappa shape index (κ2) is 11.1. The van der Waals surface area contributed by atoms with Crippen molar-refractivity contribution in [2.45, 2.75) is 19.9 Å². The number of hydrogen-bond donors (Lipinski definition) is 6. The SMILES string of the molecule is CC(C)C(=O)[C@H](CNC(=O)c1ccc(B(O)O)cc1F)NC(=O)c1ccc(B(O)O)cc1F. The molecule has 174 valence electrons. The Hall–Kier alpha value is -3.12. The van der Waals surface area contributed by atoms with Crippen molar-refractivity contribution in [3.63, 3.8) is 0 Å². The van der Waals surface area contributed by atoms with Crippen molar-refractivity contribution in [3.05, 3.63) is 59.2 Å². The number of halogens is 2. The first-order chi connectivity index (χ1) is 15.4. The van der Waals surface area contributed by atoms with Gasteiger partial charge in [-0.3, -0.25) is 14.4 Å².